The van der Waals surface area contributed by atoms with E-state index in [2.05, 4.69) is 9.97 Å². The SMILES string of the molecule is C[C@]1(c2c[nH]c(-c3cc(Oc4c(F)c(F)c5[nH]ccc5c4S(C)(=O)=O)ccc3F)n2)CCOc2c([C@@H]3C[C@@H]3C(=O)O)cccc21. The molecule has 0 unspecified atom stereocenters. The first-order valence-electron chi connectivity index (χ1n) is 14.1. The Morgan fingerprint density at radius 3 is 2.67 bits per heavy atom. The van der Waals surface area contributed by atoms with Gasteiger partial charge in [0, 0.05) is 40.9 Å². The van der Waals surface area contributed by atoms with Crippen LogP contribution in [0, 0.1) is 23.4 Å². The van der Waals surface area contributed by atoms with Crippen LogP contribution in [0.25, 0.3) is 22.3 Å². The first-order chi connectivity index (χ1) is 21.4. The predicted octanol–water partition coefficient (Wildman–Crippen LogP) is 6.45. The Bertz CT molecular complexity index is 2140. The highest BCUT2D eigenvalue weighted by atomic mass is 32.2. The molecule has 2 aliphatic rings. The number of fused-ring (bicyclic) bond motifs is 2. The van der Waals surface area contributed by atoms with E-state index in [9.17, 15) is 22.7 Å². The summed E-state index contributed by atoms with van der Waals surface area (Å²) < 4.78 is 82.2. The van der Waals surface area contributed by atoms with Crippen LogP contribution in [0.3, 0.4) is 0 Å². The molecule has 0 saturated heterocycles. The number of aliphatic carboxylic acids is 1. The van der Waals surface area contributed by atoms with Gasteiger partial charge in [-0.15, -0.1) is 0 Å². The van der Waals surface area contributed by atoms with Gasteiger partial charge in [0.05, 0.1) is 29.3 Å². The monoisotopic (exact) mass is 637 g/mol. The van der Waals surface area contributed by atoms with Crippen LogP contribution in [-0.4, -0.2) is 47.3 Å². The molecule has 2 aromatic heterocycles. The molecule has 13 heteroatoms. The Labute approximate surface area is 254 Å². The number of ether oxygens (including phenoxy) is 2. The normalized spacial score (nSPS) is 20.9. The van der Waals surface area contributed by atoms with Crippen LogP contribution in [0.1, 0.15) is 42.5 Å². The Morgan fingerprint density at radius 1 is 1.13 bits per heavy atom. The molecule has 0 bridgehead atoms. The quantitative estimate of drug-likeness (QED) is 0.175. The number of carboxylic acids is 1. The molecule has 1 saturated carbocycles. The summed E-state index contributed by atoms with van der Waals surface area (Å²) in [6.07, 6.45) is 4.88. The van der Waals surface area contributed by atoms with Crippen molar-refractivity contribution in [2.45, 2.75) is 36.0 Å². The van der Waals surface area contributed by atoms with E-state index < -0.39 is 55.2 Å². The van der Waals surface area contributed by atoms with Gasteiger partial charge >= 0.3 is 5.97 Å². The molecule has 1 aliphatic heterocycles. The number of rotatable bonds is 7. The number of aromatic nitrogens is 3. The molecule has 0 radical (unpaired) electrons. The molecule has 7 rings (SSSR count). The van der Waals surface area contributed by atoms with Crippen LogP contribution < -0.4 is 9.47 Å². The van der Waals surface area contributed by atoms with Crippen molar-refractivity contribution >= 4 is 26.7 Å². The van der Waals surface area contributed by atoms with Gasteiger partial charge in [-0.25, -0.2) is 22.2 Å². The molecule has 5 aromatic rings. The second kappa shape index (κ2) is 10.1. The number of nitrogens with zero attached hydrogens (tertiary/aromatic N) is 1. The number of nitrogens with one attached hydrogen (secondary N) is 2. The molecule has 3 aromatic carbocycles. The number of hydrogen-bond acceptors (Lipinski definition) is 6. The molecule has 0 amide bonds. The predicted molar refractivity (Wildman–Crippen MR) is 157 cm³/mol. The number of benzene rings is 3. The number of carbonyl (C=O) groups is 1. The summed E-state index contributed by atoms with van der Waals surface area (Å²) in [6, 6.07) is 10.4. The lowest BCUT2D eigenvalue weighted by Gasteiger charge is -2.35. The summed E-state index contributed by atoms with van der Waals surface area (Å²) in [5.74, 6) is -5.16. The minimum atomic E-state index is -4.10. The van der Waals surface area contributed by atoms with Crippen molar-refractivity contribution in [3.63, 3.8) is 0 Å². The second-order valence-corrected chi connectivity index (χ2v) is 13.6. The van der Waals surface area contributed by atoms with Gasteiger partial charge in [0.1, 0.15) is 28.0 Å². The third-order valence-electron chi connectivity index (χ3n) is 8.73. The molecule has 9 nitrogen and oxygen atoms in total. The van der Waals surface area contributed by atoms with E-state index in [1.54, 1.807) is 6.20 Å². The fourth-order valence-corrected chi connectivity index (χ4v) is 7.29. The zero-order valence-corrected chi connectivity index (χ0v) is 24.8. The Kier molecular flexibility index (Phi) is 6.52. The van der Waals surface area contributed by atoms with E-state index in [1.165, 1.54) is 24.4 Å². The maximum atomic E-state index is 15.2. The molecule has 232 valence electrons. The second-order valence-electron chi connectivity index (χ2n) is 11.6. The van der Waals surface area contributed by atoms with Gasteiger partial charge in [0.15, 0.2) is 21.4 Å². The highest BCUT2D eigenvalue weighted by Crippen LogP contribution is 2.54. The average molecular weight is 638 g/mol. The van der Waals surface area contributed by atoms with Crippen LogP contribution in [-0.2, 0) is 20.0 Å². The minimum Gasteiger partial charge on any atom is -0.493 e. The molecule has 1 aliphatic carbocycles. The van der Waals surface area contributed by atoms with E-state index in [-0.39, 0.29) is 34.0 Å². The molecule has 45 heavy (non-hydrogen) atoms. The zero-order chi connectivity index (χ0) is 31.8. The van der Waals surface area contributed by atoms with Gasteiger partial charge in [-0.3, -0.25) is 4.79 Å². The highest BCUT2D eigenvalue weighted by molar-refractivity contribution is 7.91. The van der Waals surface area contributed by atoms with Crippen molar-refractivity contribution in [3.05, 3.63) is 89.1 Å². The fraction of sp³-hybridized carbons (Fsp3) is 0.250. The van der Waals surface area contributed by atoms with E-state index in [0.29, 0.717) is 30.9 Å². The number of para-hydroxylation sites is 1. The Balaban J connectivity index is 1.25. The van der Waals surface area contributed by atoms with Gasteiger partial charge in [0.2, 0.25) is 5.82 Å². The highest BCUT2D eigenvalue weighted by Gasteiger charge is 2.48. The minimum absolute atomic E-state index is 0.0461. The molecule has 3 heterocycles. The maximum absolute atomic E-state index is 15.2. The van der Waals surface area contributed by atoms with Gasteiger partial charge in [-0.05, 0) is 49.6 Å². The smallest absolute Gasteiger partial charge is 0.307 e. The number of halogens is 3. The Morgan fingerprint density at radius 2 is 1.93 bits per heavy atom. The molecule has 3 atom stereocenters. The molecular formula is C32H26F3N3O6S. The molecular weight excluding hydrogens is 611 g/mol. The van der Waals surface area contributed by atoms with E-state index >= 15 is 8.78 Å². The standard InChI is InChI=1S/C32H26F3N3O6S/c1-32(9-11-43-27-16(4-3-5-21(27)32)18-13-19(18)31(39)40)23-14-37-30(38-23)20-12-15(6-7-22(20)33)44-28-25(35)24(34)26-17(8-10-36-26)29(28)45(2,41)42/h3-8,10,12,14,18-19,36H,9,11,13H2,1-2H3,(H,37,38)(H,39,40)/t18-,19-,32-/m0/s1. The number of imidazole rings is 1. The van der Waals surface area contributed by atoms with Crippen LogP contribution in [0.5, 0.6) is 17.2 Å². The summed E-state index contributed by atoms with van der Waals surface area (Å²) in [5, 5.41) is 9.37. The summed E-state index contributed by atoms with van der Waals surface area (Å²) in [5.41, 5.74) is 1.23. The zero-order valence-electron chi connectivity index (χ0n) is 23.9. The van der Waals surface area contributed by atoms with Crippen molar-refractivity contribution in [2.75, 3.05) is 12.9 Å². The third-order valence-corrected chi connectivity index (χ3v) is 9.88. The molecule has 0 spiro atoms. The number of aromatic amines is 2. The summed E-state index contributed by atoms with van der Waals surface area (Å²) in [6.45, 7) is 2.35. The van der Waals surface area contributed by atoms with E-state index in [1.807, 2.05) is 25.1 Å². The number of H-pyrrole nitrogens is 2. The lowest BCUT2D eigenvalue weighted by atomic mass is 9.74. The number of sulfone groups is 1. The fourth-order valence-electron chi connectivity index (χ4n) is 6.25. The first kappa shape index (κ1) is 29.0. The van der Waals surface area contributed by atoms with Crippen molar-refractivity contribution in [2.24, 2.45) is 5.92 Å². The lowest BCUT2D eigenvalue weighted by Crippen LogP contribution is -2.32. The van der Waals surface area contributed by atoms with Crippen LogP contribution in [0.2, 0.25) is 0 Å². The third kappa shape index (κ3) is 4.64. The first-order valence-corrected chi connectivity index (χ1v) is 16.0. The largest absolute Gasteiger partial charge is 0.493 e. The van der Waals surface area contributed by atoms with Crippen LogP contribution >= 0.6 is 0 Å². The molecule has 3 N–H and O–H groups in total. The number of hydrogen-bond donors (Lipinski definition) is 3. The van der Waals surface area contributed by atoms with Crippen molar-refractivity contribution in [1.82, 2.24) is 15.0 Å². The van der Waals surface area contributed by atoms with Gasteiger partial charge in [-0.2, -0.15) is 4.39 Å². The van der Waals surface area contributed by atoms with Crippen LogP contribution in [0.4, 0.5) is 13.2 Å². The van der Waals surface area contributed by atoms with E-state index in [0.717, 1.165) is 23.4 Å². The van der Waals surface area contributed by atoms with Crippen molar-refractivity contribution in [3.8, 4) is 28.6 Å². The lowest BCUT2D eigenvalue weighted by molar-refractivity contribution is -0.138. The Hall–Kier alpha value is -4.78. The van der Waals surface area contributed by atoms with Crippen molar-refractivity contribution < 1.29 is 41.0 Å². The summed E-state index contributed by atoms with van der Waals surface area (Å²) >= 11 is 0. The van der Waals surface area contributed by atoms with Gasteiger partial charge < -0.3 is 24.5 Å². The van der Waals surface area contributed by atoms with Crippen LogP contribution in [0.15, 0.2) is 59.8 Å². The summed E-state index contributed by atoms with van der Waals surface area (Å²) in [4.78, 5) is 21.2. The average Bonchev–Trinajstić information content (AvgIpc) is 3.38. The number of carboxylic acid groups (broad SMARTS) is 1. The van der Waals surface area contributed by atoms with E-state index in [4.69, 9.17) is 14.5 Å². The van der Waals surface area contributed by atoms with Crippen molar-refractivity contribution in [1.29, 1.82) is 0 Å². The maximum Gasteiger partial charge on any atom is 0.307 e. The van der Waals surface area contributed by atoms with Gasteiger partial charge in [0.25, 0.3) is 0 Å². The molecule has 1 fully saturated rings. The van der Waals surface area contributed by atoms with Gasteiger partial charge in [-0.1, -0.05) is 18.2 Å². The topological polar surface area (TPSA) is 134 Å². The summed E-state index contributed by atoms with van der Waals surface area (Å²) in [7, 11) is -4.10.